The Hall–Kier alpha value is -1.36. The summed E-state index contributed by atoms with van der Waals surface area (Å²) in [4.78, 5) is 13.5. The average Bonchev–Trinajstić information content (AvgIpc) is 2.56. The molecule has 0 atom stereocenters. The SMILES string of the molecule is Cc1nn(C)c(N(CCCO)C2CCC2)c1C=O. The maximum atomic E-state index is 11.2. The zero-order valence-corrected chi connectivity index (χ0v) is 11.1. The Bertz CT molecular complexity index is 424. The summed E-state index contributed by atoms with van der Waals surface area (Å²) in [6.45, 7) is 2.82. The molecular formula is C13H21N3O2. The lowest BCUT2D eigenvalue weighted by molar-refractivity contribution is 0.112. The number of aromatic nitrogens is 2. The Morgan fingerprint density at radius 1 is 1.56 bits per heavy atom. The van der Waals surface area contributed by atoms with Gasteiger partial charge in [0.2, 0.25) is 0 Å². The smallest absolute Gasteiger partial charge is 0.155 e. The molecular weight excluding hydrogens is 230 g/mol. The summed E-state index contributed by atoms with van der Waals surface area (Å²) in [5.41, 5.74) is 1.46. The topological polar surface area (TPSA) is 58.4 Å². The number of anilines is 1. The van der Waals surface area contributed by atoms with Gasteiger partial charge in [0, 0.05) is 26.2 Å². The fourth-order valence-corrected chi connectivity index (χ4v) is 2.54. The molecule has 5 nitrogen and oxygen atoms in total. The molecule has 0 aliphatic heterocycles. The number of nitrogens with zero attached hydrogens (tertiary/aromatic N) is 3. The highest BCUT2D eigenvalue weighted by Gasteiger charge is 2.29. The molecule has 0 radical (unpaired) electrons. The van der Waals surface area contributed by atoms with E-state index in [1.807, 2.05) is 14.0 Å². The van der Waals surface area contributed by atoms with E-state index in [-0.39, 0.29) is 6.61 Å². The zero-order chi connectivity index (χ0) is 13.1. The van der Waals surface area contributed by atoms with E-state index in [1.54, 1.807) is 4.68 Å². The van der Waals surface area contributed by atoms with Crippen molar-refractivity contribution in [3.05, 3.63) is 11.3 Å². The van der Waals surface area contributed by atoms with Gasteiger partial charge in [-0.1, -0.05) is 0 Å². The van der Waals surface area contributed by atoms with Gasteiger partial charge in [-0.25, -0.2) is 0 Å². The van der Waals surface area contributed by atoms with Gasteiger partial charge in [0.25, 0.3) is 0 Å². The number of rotatable bonds is 6. The van der Waals surface area contributed by atoms with Crippen LogP contribution in [0.3, 0.4) is 0 Å². The predicted molar refractivity (Wildman–Crippen MR) is 70.0 cm³/mol. The molecule has 1 saturated carbocycles. The molecule has 1 aliphatic rings. The average molecular weight is 251 g/mol. The van der Waals surface area contributed by atoms with Crippen molar-refractivity contribution in [2.45, 2.75) is 38.6 Å². The van der Waals surface area contributed by atoms with Gasteiger partial charge in [0.15, 0.2) is 6.29 Å². The molecule has 1 aliphatic carbocycles. The van der Waals surface area contributed by atoms with Crippen LogP contribution in [-0.4, -0.2) is 40.4 Å². The van der Waals surface area contributed by atoms with E-state index in [2.05, 4.69) is 10.00 Å². The maximum Gasteiger partial charge on any atom is 0.155 e. The summed E-state index contributed by atoms with van der Waals surface area (Å²) in [5.74, 6) is 0.903. The molecule has 0 aromatic carbocycles. The van der Waals surface area contributed by atoms with Crippen LogP contribution in [0.1, 0.15) is 41.7 Å². The largest absolute Gasteiger partial charge is 0.396 e. The molecule has 1 aromatic heterocycles. The Labute approximate surface area is 107 Å². The van der Waals surface area contributed by atoms with Gasteiger partial charge in [-0.05, 0) is 32.6 Å². The summed E-state index contributed by atoms with van der Waals surface area (Å²) in [5, 5.41) is 13.3. The molecule has 0 bridgehead atoms. The van der Waals surface area contributed by atoms with Crippen molar-refractivity contribution in [1.82, 2.24) is 9.78 Å². The lowest BCUT2D eigenvalue weighted by Crippen LogP contribution is -2.42. The molecule has 1 aromatic rings. The molecule has 0 saturated heterocycles. The van der Waals surface area contributed by atoms with Gasteiger partial charge in [-0.2, -0.15) is 5.10 Å². The van der Waals surface area contributed by atoms with Crippen LogP contribution in [0, 0.1) is 6.92 Å². The maximum absolute atomic E-state index is 11.2. The first-order chi connectivity index (χ1) is 8.69. The minimum atomic E-state index is 0.177. The van der Waals surface area contributed by atoms with Crippen LogP contribution in [-0.2, 0) is 7.05 Å². The first-order valence-electron chi connectivity index (χ1n) is 6.55. The second kappa shape index (κ2) is 5.52. The molecule has 2 rings (SSSR count). The zero-order valence-electron chi connectivity index (χ0n) is 11.1. The van der Waals surface area contributed by atoms with Crippen molar-refractivity contribution in [3.8, 4) is 0 Å². The normalized spacial score (nSPS) is 15.5. The van der Waals surface area contributed by atoms with Crippen molar-refractivity contribution >= 4 is 12.1 Å². The molecule has 1 N–H and O–H groups in total. The Morgan fingerprint density at radius 2 is 2.28 bits per heavy atom. The van der Waals surface area contributed by atoms with E-state index in [9.17, 15) is 4.79 Å². The van der Waals surface area contributed by atoms with E-state index < -0.39 is 0 Å². The lowest BCUT2D eigenvalue weighted by atomic mass is 9.91. The van der Waals surface area contributed by atoms with Gasteiger partial charge >= 0.3 is 0 Å². The highest BCUT2D eigenvalue weighted by atomic mass is 16.3. The van der Waals surface area contributed by atoms with E-state index >= 15 is 0 Å². The van der Waals surface area contributed by atoms with Gasteiger partial charge in [-0.3, -0.25) is 9.48 Å². The summed E-state index contributed by atoms with van der Waals surface area (Å²) < 4.78 is 1.79. The highest BCUT2D eigenvalue weighted by Crippen LogP contribution is 2.32. The number of carbonyl (C=O) groups excluding carboxylic acids is 1. The number of carbonyl (C=O) groups is 1. The standard InChI is InChI=1S/C13H21N3O2/c1-10-12(9-18)13(15(2)14-10)16(7-4-8-17)11-5-3-6-11/h9,11,17H,3-8H2,1-2H3. The third-order valence-corrected chi connectivity index (χ3v) is 3.70. The number of hydrogen-bond donors (Lipinski definition) is 1. The molecule has 100 valence electrons. The van der Waals surface area contributed by atoms with Crippen LogP contribution in [0.25, 0.3) is 0 Å². The third kappa shape index (κ3) is 2.27. The minimum Gasteiger partial charge on any atom is -0.396 e. The van der Waals surface area contributed by atoms with E-state index in [1.165, 1.54) is 6.42 Å². The number of aldehydes is 1. The second-order valence-electron chi connectivity index (χ2n) is 4.92. The summed E-state index contributed by atoms with van der Waals surface area (Å²) in [6, 6.07) is 0.491. The Balaban J connectivity index is 2.31. The molecule has 0 amide bonds. The van der Waals surface area contributed by atoms with Gasteiger partial charge in [0.1, 0.15) is 5.82 Å². The van der Waals surface area contributed by atoms with Crippen molar-refractivity contribution in [2.24, 2.45) is 7.05 Å². The van der Waals surface area contributed by atoms with Crippen molar-refractivity contribution in [3.63, 3.8) is 0 Å². The Kier molecular flexibility index (Phi) is 4.01. The van der Waals surface area contributed by atoms with Crippen LogP contribution in [0.2, 0.25) is 0 Å². The van der Waals surface area contributed by atoms with E-state index in [0.717, 1.165) is 43.6 Å². The van der Waals surface area contributed by atoms with Crippen LogP contribution in [0.15, 0.2) is 0 Å². The minimum absolute atomic E-state index is 0.177. The van der Waals surface area contributed by atoms with Gasteiger partial charge < -0.3 is 10.0 Å². The molecule has 1 heterocycles. The molecule has 0 spiro atoms. The van der Waals surface area contributed by atoms with Gasteiger partial charge in [0.05, 0.1) is 11.3 Å². The number of hydrogen-bond acceptors (Lipinski definition) is 4. The fourth-order valence-electron chi connectivity index (χ4n) is 2.54. The van der Waals surface area contributed by atoms with Crippen LogP contribution < -0.4 is 4.90 Å². The van der Waals surface area contributed by atoms with Crippen LogP contribution in [0.4, 0.5) is 5.82 Å². The van der Waals surface area contributed by atoms with Gasteiger partial charge in [-0.15, -0.1) is 0 Å². The van der Waals surface area contributed by atoms with E-state index in [4.69, 9.17) is 5.11 Å². The number of aliphatic hydroxyl groups is 1. The quantitative estimate of drug-likeness (QED) is 0.774. The van der Waals surface area contributed by atoms with Crippen LogP contribution >= 0.6 is 0 Å². The number of aliphatic hydroxyl groups excluding tert-OH is 1. The summed E-state index contributed by atoms with van der Waals surface area (Å²) in [6.07, 6.45) is 5.18. The molecule has 5 heteroatoms. The van der Waals surface area contributed by atoms with Crippen LogP contribution in [0.5, 0.6) is 0 Å². The molecule has 18 heavy (non-hydrogen) atoms. The highest BCUT2D eigenvalue weighted by molar-refractivity contribution is 5.85. The predicted octanol–water partition coefficient (Wildman–Crippen LogP) is 1.28. The van der Waals surface area contributed by atoms with E-state index in [0.29, 0.717) is 11.6 Å². The third-order valence-electron chi connectivity index (χ3n) is 3.70. The van der Waals surface area contributed by atoms with Crippen molar-refractivity contribution < 1.29 is 9.90 Å². The molecule has 0 unspecified atom stereocenters. The second-order valence-corrected chi connectivity index (χ2v) is 4.92. The molecule has 1 fully saturated rings. The summed E-state index contributed by atoms with van der Waals surface area (Å²) >= 11 is 0. The summed E-state index contributed by atoms with van der Waals surface area (Å²) in [7, 11) is 1.87. The van der Waals surface area contributed by atoms with Crippen molar-refractivity contribution in [2.75, 3.05) is 18.1 Å². The first kappa shape index (κ1) is 13.1. The lowest BCUT2D eigenvalue weighted by Gasteiger charge is -2.39. The monoisotopic (exact) mass is 251 g/mol. The Morgan fingerprint density at radius 3 is 2.78 bits per heavy atom. The van der Waals surface area contributed by atoms with Crippen molar-refractivity contribution in [1.29, 1.82) is 0 Å². The first-order valence-corrected chi connectivity index (χ1v) is 6.55. The number of aryl methyl sites for hydroxylation is 2. The fraction of sp³-hybridized carbons (Fsp3) is 0.692.